The van der Waals surface area contributed by atoms with Gasteiger partial charge in [0.1, 0.15) is 0 Å². The van der Waals surface area contributed by atoms with Crippen LogP contribution >= 0.6 is 0 Å². The SMILES string of the molecule is CN(CCO)C(=O)NC1CCCN(Cc2ccccc2)C1. The van der Waals surface area contributed by atoms with E-state index in [1.54, 1.807) is 7.05 Å². The molecule has 0 spiro atoms. The molecule has 2 amide bonds. The summed E-state index contributed by atoms with van der Waals surface area (Å²) in [6.07, 6.45) is 2.12. The summed E-state index contributed by atoms with van der Waals surface area (Å²) in [5.41, 5.74) is 1.31. The number of aliphatic hydroxyl groups is 1. The third kappa shape index (κ3) is 5.02. The fraction of sp³-hybridized carbons (Fsp3) is 0.562. The van der Waals surface area contributed by atoms with Gasteiger partial charge in [-0.05, 0) is 24.9 Å². The molecule has 0 radical (unpaired) electrons. The van der Waals surface area contributed by atoms with Gasteiger partial charge in [0.15, 0.2) is 0 Å². The molecular weight excluding hydrogens is 266 g/mol. The first kappa shape index (κ1) is 15.8. The molecule has 1 atom stereocenters. The van der Waals surface area contributed by atoms with Gasteiger partial charge in [0, 0.05) is 32.7 Å². The number of likely N-dealkylation sites (N-methyl/N-ethyl adjacent to an activating group) is 1. The zero-order chi connectivity index (χ0) is 15.1. The van der Waals surface area contributed by atoms with Gasteiger partial charge in [-0.15, -0.1) is 0 Å². The van der Waals surface area contributed by atoms with Crippen LogP contribution in [0.1, 0.15) is 18.4 Å². The molecule has 21 heavy (non-hydrogen) atoms. The lowest BCUT2D eigenvalue weighted by Crippen LogP contribution is -2.50. The monoisotopic (exact) mass is 291 g/mol. The average Bonchev–Trinajstić information content (AvgIpc) is 2.49. The zero-order valence-corrected chi connectivity index (χ0v) is 12.7. The summed E-state index contributed by atoms with van der Waals surface area (Å²) in [7, 11) is 1.70. The van der Waals surface area contributed by atoms with Crippen LogP contribution in [0.4, 0.5) is 4.79 Å². The number of hydrogen-bond acceptors (Lipinski definition) is 3. The smallest absolute Gasteiger partial charge is 0.317 e. The molecule has 1 fully saturated rings. The number of likely N-dealkylation sites (tertiary alicyclic amines) is 1. The first-order valence-corrected chi connectivity index (χ1v) is 7.58. The fourth-order valence-corrected chi connectivity index (χ4v) is 2.69. The van der Waals surface area contributed by atoms with E-state index < -0.39 is 0 Å². The van der Waals surface area contributed by atoms with Crippen molar-refractivity contribution in [1.29, 1.82) is 0 Å². The molecule has 1 saturated heterocycles. The van der Waals surface area contributed by atoms with Crippen LogP contribution in [0.15, 0.2) is 30.3 Å². The Kier molecular flexibility index (Phi) is 6.02. The Labute approximate surface area is 126 Å². The third-order valence-corrected chi connectivity index (χ3v) is 3.86. The summed E-state index contributed by atoms with van der Waals surface area (Å²) < 4.78 is 0. The molecule has 1 aromatic rings. The van der Waals surface area contributed by atoms with Crippen molar-refractivity contribution in [2.24, 2.45) is 0 Å². The lowest BCUT2D eigenvalue weighted by molar-refractivity contribution is 0.162. The van der Waals surface area contributed by atoms with Crippen LogP contribution in [0.3, 0.4) is 0 Å². The number of nitrogens with zero attached hydrogens (tertiary/aromatic N) is 2. The number of nitrogens with one attached hydrogen (secondary N) is 1. The molecular formula is C16H25N3O2. The molecule has 116 valence electrons. The topological polar surface area (TPSA) is 55.8 Å². The van der Waals surface area contributed by atoms with E-state index in [2.05, 4.69) is 34.5 Å². The van der Waals surface area contributed by atoms with E-state index in [-0.39, 0.29) is 18.7 Å². The third-order valence-electron chi connectivity index (χ3n) is 3.86. The molecule has 0 aliphatic carbocycles. The number of carbonyl (C=O) groups is 1. The average molecular weight is 291 g/mol. The summed E-state index contributed by atoms with van der Waals surface area (Å²) in [6.45, 7) is 3.25. The van der Waals surface area contributed by atoms with Crippen molar-refractivity contribution in [2.45, 2.75) is 25.4 Å². The summed E-state index contributed by atoms with van der Waals surface area (Å²) in [5.74, 6) is 0. The number of piperidine rings is 1. The molecule has 5 nitrogen and oxygen atoms in total. The lowest BCUT2D eigenvalue weighted by Gasteiger charge is -2.34. The van der Waals surface area contributed by atoms with Crippen molar-refractivity contribution in [2.75, 3.05) is 33.3 Å². The summed E-state index contributed by atoms with van der Waals surface area (Å²) >= 11 is 0. The number of benzene rings is 1. The van der Waals surface area contributed by atoms with Gasteiger partial charge in [-0.2, -0.15) is 0 Å². The van der Waals surface area contributed by atoms with Gasteiger partial charge in [-0.1, -0.05) is 30.3 Å². The van der Waals surface area contributed by atoms with Crippen LogP contribution in [0.2, 0.25) is 0 Å². The molecule has 0 bridgehead atoms. The number of urea groups is 1. The molecule has 2 rings (SSSR count). The number of rotatable bonds is 5. The molecule has 1 aliphatic rings. The van der Waals surface area contributed by atoms with E-state index in [9.17, 15) is 4.79 Å². The Morgan fingerprint density at radius 3 is 2.90 bits per heavy atom. The van der Waals surface area contributed by atoms with Crippen molar-refractivity contribution in [3.63, 3.8) is 0 Å². The second kappa shape index (κ2) is 8.00. The number of amides is 2. The van der Waals surface area contributed by atoms with E-state index in [0.717, 1.165) is 32.5 Å². The zero-order valence-electron chi connectivity index (χ0n) is 12.7. The number of carbonyl (C=O) groups excluding carboxylic acids is 1. The van der Waals surface area contributed by atoms with E-state index >= 15 is 0 Å². The predicted molar refractivity (Wildman–Crippen MR) is 83.0 cm³/mol. The maximum absolute atomic E-state index is 12.0. The molecule has 2 N–H and O–H groups in total. The van der Waals surface area contributed by atoms with Gasteiger partial charge in [-0.3, -0.25) is 4.90 Å². The highest BCUT2D eigenvalue weighted by atomic mass is 16.3. The van der Waals surface area contributed by atoms with Gasteiger partial charge in [0.2, 0.25) is 0 Å². The summed E-state index contributed by atoms with van der Waals surface area (Å²) in [4.78, 5) is 15.9. The fourth-order valence-electron chi connectivity index (χ4n) is 2.69. The van der Waals surface area contributed by atoms with Gasteiger partial charge >= 0.3 is 6.03 Å². The molecule has 1 heterocycles. The first-order chi connectivity index (χ1) is 10.2. The summed E-state index contributed by atoms with van der Waals surface area (Å²) in [6, 6.07) is 10.5. The van der Waals surface area contributed by atoms with Crippen molar-refractivity contribution in [3.05, 3.63) is 35.9 Å². The predicted octanol–water partition coefficient (Wildman–Crippen LogP) is 1.28. The number of hydrogen-bond donors (Lipinski definition) is 2. The van der Waals surface area contributed by atoms with Crippen molar-refractivity contribution in [1.82, 2.24) is 15.1 Å². The maximum atomic E-state index is 12.0. The first-order valence-electron chi connectivity index (χ1n) is 7.58. The van der Waals surface area contributed by atoms with E-state index in [1.165, 1.54) is 10.5 Å². The Morgan fingerprint density at radius 2 is 2.19 bits per heavy atom. The van der Waals surface area contributed by atoms with E-state index in [0.29, 0.717) is 6.54 Å². The molecule has 5 heteroatoms. The van der Waals surface area contributed by atoms with E-state index in [4.69, 9.17) is 5.11 Å². The van der Waals surface area contributed by atoms with Gasteiger partial charge in [0.05, 0.1) is 6.61 Å². The van der Waals surface area contributed by atoms with Crippen molar-refractivity contribution < 1.29 is 9.90 Å². The van der Waals surface area contributed by atoms with E-state index in [1.807, 2.05) is 6.07 Å². The molecule has 1 aliphatic heterocycles. The van der Waals surface area contributed by atoms with Crippen LogP contribution in [0, 0.1) is 0 Å². The highest BCUT2D eigenvalue weighted by Crippen LogP contribution is 2.13. The Bertz CT molecular complexity index is 438. The van der Waals surface area contributed by atoms with Crippen LogP contribution in [-0.4, -0.2) is 60.3 Å². The van der Waals surface area contributed by atoms with Crippen LogP contribution < -0.4 is 5.32 Å². The molecule has 0 aromatic heterocycles. The molecule has 1 aromatic carbocycles. The van der Waals surface area contributed by atoms with Crippen LogP contribution in [0.5, 0.6) is 0 Å². The number of aliphatic hydroxyl groups excluding tert-OH is 1. The summed E-state index contributed by atoms with van der Waals surface area (Å²) in [5, 5.41) is 11.9. The standard InChI is InChI=1S/C16H25N3O2/c1-18(10-11-20)16(21)17-15-8-5-9-19(13-15)12-14-6-3-2-4-7-14/h2-4,6-7,15,20H,5,8-13H2,1H3,(H,17,21). The van der Waals surface area contributed by atoms with Gasteiger partial charge < -0.3 is 15.3 Å². The van der Waals surface area contributed by atoms with Crippen LogP contribution in [-0.2, 0) is 6.54 Å². The minimum atomic E-state index is -0.101. The highest BCUT2D eigenvalue weighted by Gasteiger charge is 2.22. The second-order valence-corrected chi connectivity index (χ2v) is 5.65. The van der Waals surface area contributed by atoms with Gasteiger partial charge in [-0.25, -0.2) is 4.79 Å². The largest absolute Gasteiger partial charge is 0.395 e. The molecule has 1 unspecified atom stereocenters. The quantitative estimate of drug-likeness (QED) is 0.859. The second-order valence-electron chi connectivity index (χ2n) is 5.65. The minimum Gasteiger partial charge on any atom is -0.395 e. The minimum absolute atomic E-state index is 0.00524. The maximum Gasteiger partial charge on any atom is 0.317 e. The Hall–Kier alpha value is -1.59. The molecule has 0 saturated carbocycles. The van der Waals surface area contributed by atoms with Gasteiger partial charge in [0.25, 0.3) is 0 Å². The normalized spacial score (nSPS) is 19.2. The highest BCUT2D eigenvalue weighted by molar-refractivity contribution is 5.74. The van der Waals surface area contributed by atoms with Crippen molar-refractivity contribution >= 4 is 6.03 Å². The van der Waals surface area contributed by atoms with Crippen molar-refractivity contribution in [3.8, 4) is 0 Å². The lowest BCUT2D eigenvalue weighted by atomic mass is 10.0. The Morgan fingerprint density at radius 1 is 1.43 bits per heavy atom. The van der Waals surface area contributed by atoms with Crippen LogP contribution in [0.25, 0.3) is 0 Å². The Balaban J connectivity index is 1.82.